The van der Waals surface area contributed by atoms with Crippen molar-refractivity contribution in [3.63, 3.8) is 0 Å². The van der Waals surface area contributed by atoms with Crippen LogP contribution in [0.1, 0.15) is 54.9 Å². The third-order valence-electron chi connectivity index (χ3n) is 6.89. The summed E-state index contributed by atoms with van der Waals surface area (Å²) in [7, 11) is -3.90. The Hall–Kier alpha value is -2.58. The fourth-order valence-electron chi connectivity index (χ4n) is 5.04. The van der Waals surface area contributed by atoms with Crippen molar-refractivity contribution >= 4 is 27.4 Å². The molecule has 0 bridgehead atoms. The van der Waals surface area contributed by atoms with Crippen LogP contribution in [0.5, 0.6) is 0 Å². The number of benzene rings is 2. The third-order valence-corrected chi connectivity index (χ3v) is 8.36. The zero-order chi connectivity index (χ0) is 23.4. The van der Waals surface area contributed by atoms with E-state index in [9.17, 15) is 18.3 Å². The number of sulfonamides is 1. The molecular formula is C25H33N3O4S. The molecule has 2 aliphatic rings. The number of anilines is 2. The van der Waals surface area contributed by atoms with Crippen LogP contribution in [0.3, 0.4) is 0 Å². The average molecular weight is 472 g/mol. The van der Waals surface area contributed by atoms with E-state index in [1.807, 2.05) is 13.0 Å². The summed E-state index contributed by atoms with van der Waals surface area (Å²) in [6.07, 6.45) is 7.08. The van der Waals surface area contributed by atoms with E-state index in [2.05, 4.69) is 14.5 Å². The van der Waals surface area contributed by atoms with Crippen LogP contribution in [-0.4, -0.2) is 56.6 Å². The molecule has 0 aromatic heterocycles. The second-order valence-electron chi connectivity index (χ2n) is 8.92. The van der Waals surface area contributed by atoms with E-state index >= 15 is 0 Å². The molecule has 7 nitrogen and oxygen atoms in total. The molecule has 0 spiro atoms. The standard InChI is InChI=1S/C25H33N3O4S/c1-2-19-8-6-7-11-24(19)33(31,32)26-23-13-12-21(18-22(23)25(29)30)28-16-14-27(15-17-28)20-9-4-3-5-10-20/h6-8,11-13,18,20,26H,2-5,9-10,14-17H2,1H3,(H,29,30). The van der Waals surface area contributed by atoms with Gasteiger partial charge in [0.25, 0.3) is 10.0 Å². The quantitative estimate of drug-likeness (QED) is 0.629. The van der Waals surface area contributed by atoms with Crippen LogP contribution in [0.15, 0.2) is 47.4 Å². The van der Waals surface area contributed by atoms with Crippen LogP contribution in [0.4, 0.5) is 11.4 Å². The monoisotopic (exact) mass is 471 g/mol. The molecule has 4 rings (SSSR count). The molecule has 178 valence electrons. The Kier molecular flexibility index (Phi) is 7.24. The van der Waals surface area contributed by atoms with Crippen molar-refractivity contribution in [1.82, 2.24) is 4.90 Å². The summed E-state index contributed by atoms with van der Waals surface area (Å²) < 4.78 is 28.5. The number of aromatic carboxylic acids is 1. The van der Waals surface area contributed by atoms with Gasteiger partial charge in [-0.2, -0.15) is 0 Å². The number of nitrogens with zero attached hydrogens (tertiary/aromatic N) is 2. The third kappa shape index (κ3) is 5.33. The van der Waals surface area contributed by atoms with E-state index in [-0.39, 0.29) is 16.1 Å². The number of nitrogens with one attached hydrogen (secondary N) is 1. The minimum absolute atomic E-state index is 0.0419. The maximum absolute atomic E-state index is 13.0. The van der Waals surface area contributed by atoms with Crippen LogP contribution in [0.25, 0.3) is 0 Å². The number of carboxylic acids is 1. The number of aryl methyl sites for hydroxylation is 1. The molecule has 1 heterocycles. The fourth-order valence-corrected chi connectivity index (χ4v) is 6.44. The predicted molar refractivity (Wildman–Crippen MR) is 131 cm³/mol. The topological polar surface area (TPSA) is 90.0 Å². The van der Waals surface area contributed by atoms with Crippen molar-refractivity contribution in [3.8, 4) is 0 Å². The molecule has 1 saturated heterocycles. The largest absolute Gasteiger partial charge is 0.478 e. The molecule has 33 heavy (non-hydrogen) atoms. The Bertz CT molecular complexity index is 1090. The van der Waals surface area contributed by atoms with Crippen LogP contribution in [-0.2, 0) is 16.4 Å². The summed E-state index contributed by atoms with van der Waals surface area (Å²) in [4.78, 5) is 16.9. The van der Waals surface area contributed by atoms with E-state index in [1.165, 1.54) is 32.1 Å². The van der Waals surface area contributed by atoms with Crippen LogP contribution in [0, 0.1) is 0 Å². The minimum Gasteiger partial charge on any atom is -0.478 e. The Balaban J connectivity index is 1.51. The van der Waals surface area contributed by atoms with Gasteiger partial charge in [-0.1, -0.05) is 44.4 Å². The zero-order valence-electron chi connectivity index (χ0n) is 19.2. The van der Waals surface area contributed by atoms with Crippen molar-refractivity contribution in [2.24, 2.45) is 0 Å². The first-order chi connectivity index (χ1) is 15.9. The molecule has 0 unspecified atom stereocenters. The van der Waals surface area contributed by atoms with Gasteiger partial charge >= 0.3 is 5.97 Å². The lowest BCUT2D eigenvalue weighted by Crippen LogP contribution is -2.50. The highest BCUT2D eigenvalue weighted by atomic mass is 32.2. The number of carbonyl (C=O) groups is 1. The molecule has 1 aliphatic carbocycles. The summed E-state index contributed by atoms with van der Waals surface area (Å²) in [6.45, 7) is 5.50. The van der Waals surface area contributed by atoms with Crippen molar-refractivity contribution in [3.05, 3.63) is 53.6 Å². The van der Waals surface area contributed by atoms with Gasteiger partial charge in [0.2, 0.25) is 0 Å². The fraction of sp³-hybridized carbons (Fsp3) is 0.480. The summed E-state index contributed by atoms with van der Waals surface area (Å²) in [6, 6.07) is 12.4. The molecular weight excluding hydrogens is 438 g/mol. The van der Waals surface area contributed by atoms with Gasteiger partial charge in [-0.15, -0.1) is 0 Å². The molecule has 2 aromatic rings. The van der Waals surface area contributed by atoms with Crippen molar-refractivity contribution < 1.29 is 18.3 Å². The molecule has 2 aromatic carbocycles. The highest BCUT2D eigenvalue weighted by Gasteiger charge is 2.26. The Morgan fingerprint density at radius 1 is 1.03 bits per heavy atom. The molecule has 2 N–H and O–H groups in total. The van der Waals surface area contributed by atoms with Crippen LogP contribution >= 0.6 is 0 Å². The van der Waals surface area contributed by atoms with Gasteiger partial charge in [-0.05, 0) is 49.1 Å². The van der Waals surface area contributed by atoms with E-state index in [0.717, 1.165) is 31.9 Å². The first-order valence-electron chi connectivity index (χ1n) is 11.9. The molecule has 0 atom stereocenters. The molecule has 1 aliphatic heterocycles. The van der Waals surface area contributed by atoms with E-state index < -0.39 is 16.0 Å². The first-order valence-corrected chi connectivity index (χ1v) is 13.3. The summed E-state index contributed by atoms with van der Waals surface area (Å²) in [5.74, 6) is -1.15. The number of carboxylic acid groups (broad SMARTS) is 1. The molecule has 0 amide bonds. The molecule has 2 fully saturated rings. The lowest BCUT2D eigenvalue weighted by molar-refractivity contribution is 0.0698. The maximum atomic E-state index is 13.0. The molecule has 1 saturated carbocycles. The van der Waals surface area contributed by atoms with Crippen molar-refractivity contribution in [1.29, 1.82) is 0 Å². The number of hydrogen-bond acceptors (Lipinski definition) is 5. The molecule has 0 radical (unpaired) electrons. The van der Waals surface area contributed by atoms with Crippen LogP contribution < -0.4 is 9.62 Å². The molecule has 8 heteroatoms. The van der Waals surface area contributed by atoms with Crippen LogP contribution in [0.2, 0.25) is 0 Å². The lowest BCUT2D eigenvalue weighted by Gasteiger charge is -2.41. The number of rotatable bonds is 7. The predicted octanol–water partition coefficient (Wildman–Crippen LogP) is 4.20. The second kappa shape index (κ2) is 10.1. The van der Waals surface area contributed by atoms with E-state index in [0.29, 0.717) is 18.0 Å². The van der Waals surface area contributed by atoms with Gasteiger partial charge in [-0.25, -0.2) is 13.2 Å². The summed E-state index contributed by atoms with van der Waals surface area (Å²) in [5, 5.41) is 9.81. The van der Waals surface area contributed by atoms with Gasteiger partial charge < -0.3 is 10.0 Å². The normalized spacial score (nSPS) is 18.3. The lowest BCUT2D eigenvalue weighted by atomic mass is 9.94. The van der Waals surface area contributed by atoms with Gasteiger partial charge in [0.05, 0.1) is 16.1 Å². The van der Waals surface area contributed by atoms with Gasteiger partial charge in [0.15, 0.2) is 0 Å². The zero-order valence-corrected chi connectivity index (χ0v) is 20.0. The van der Waals surface area contributed by atoms with Gasteiger partial charge in [-0.3, -0.25) is 9.62 Å². The Morgan fingerprint density at radius 2 is 1.73 bits per heavy atom. The summed E-state index contributed by atoms with van der Waals surface area (Å²) in [5.41, 5.74) is 1.54. The van der Waals surface area contributed by atoms with Gasteiger partial charge in [0, 0.05) is 37.9 Å². The highest BCUT2D eigenvalue weighted by molar-refractivity contribution is 7.92. The van der Waals surface area contributed by atoms with Gasteiger partial charge in [0.1, 0.15) is 0 Å². The second-order valence-corrected chi connectivity index (χ2v) is 10.6. The Morgan fingerprint density at radius 3 is 2.39 bits per heavy atom. The smallest absolute Gasteiger partial charge is 0.337 e. The Labute approximate surface area is 196 Å². The summed E-state index contributed by atoms with van der Waals surface area (Å²) >= 11 is 0. The maximum Gasteiger partial charge on any atom is 0.337 e. The van der Waals surface area contributed by atoms with Crippen molar-refractivity contribution in [2.75, 3.05) is 35.8 Å². The number of piperazine rings is 1. The average Bonchev–Trinajstić information content (AvgIpc) is 2.84. The first kappa shape index (κ1) is 23.6. The number of hydrogen-bond donors (Lipinski definition) is 2. The highest BCUT2D eigenvalue weighted by Crippen LogP contribution is 2.29. The van der Waals surface area contributed by atoms with E-state index in [4.69, 9.17) is 0 Å². The minimum atomic E-state index is -3.90. The van der Waals surface area contributed by atoms with E-state index in [1.54, 1.807) is 36.4 Å². The van der Waals surface area contributed by atoms with Crippen molar-refractivity contribution in [2.45, 2.75) is 56.4 Å². The SMILES string of the molecule is CCc1ccccc1S(=O)(=O)Nc1ccc(N2CCN(C3CCCCC3)CC2)cc1C(=O)O.